The molecule has 2 aliphatic carbocycles. The van der Waals surface area contributed by atoms with E-state index in [1.807, 2.05) is 0 Å². The highest BCUT2D eigenvalue weighted by atomic mass is 14.3. The second kappa shape index (κ2) is 4.55. The van der Waals surface area contributed by atoms with E-state index in [0.29, 0.717) is 5.41 Å². The maximum absolute atomic E-state index is 2.63. The zero-order valence-corrected chi connectivity index (χ0v) is 10.3. The molecule has 0 radical (unpaired) electrons. The van der Waals surface area contributed by atoms with E-state index in [2.05, 4.69) is 32.1 Å². The van der Waals surface area contributed by atoms with Gasteiger partial charge in [0.15, 0.2) is 0 Å². The summed E-state index contributed by atoms with van der Waals surface area (Å²) in [4.78, 5) is 0. The van der Waals surface area contributed by atoms with Crippen LogP contribution in [0.4, 0.5) is 0 Å². The minimum atomic E-state index is 0.453. The molecule has 0 heterocycles. The third kappa shape index (κ3) is 2.53. The molecule has 0 nitrogen and oxygen atoms in total. The van der Waals surface area contributed by atoms with E-state index in [9.17, 15) is 0 Å². The van der Waals surface area contributed by atoms with Crippen LogP contribution in [0, 0.1) is 11.3 Å². The molecule has 0 aliphatic heterocycles. The summed E-state index contributed by atoms with van der Waals surface area (Å²) in [6.07, 6.45) is 17.2. The van der Waals surface area contributed by atoms with Crippen LogP contribution in [0.3, 0.4) is 0 Å². The van der Waals surface area contributed by atoms with Crippen molar-refractivity contribution >= 4 is 0 Å². The third-order valence-electron chi connectivity index (χ3n) is 4.03. The molecule has 1 spiro atoms. The highest BCUT2D eigenvalue weighted by Crippen LogP contribution is 2.42. The van der Waals surface area contributed by atoms with Gasteiger partial charge in [-0.15, -0.1) is 0 Å². The van der Waals surface area contributed by atoms with Crippen molar-refractivity contribution in [3.8, 4) is 0 Å². The summed E-state index contributed by atoms with van der Waals surface area (Å²) in [6.45, 7) is 4.69. The van der Waals surface area contributed by atoms with Crippen molar-refractivity contribution in [1.29, 1.82) is 0 Å². The minimum absolute atomic E-state index is 0.453. The molecule has 0 bridgehead atoms. The molecule has 0 heteroatoms. The van der Waals surface area contributed by atoms with E-state index < -0.39 is 0 Å². The Morgan fingerprint density at radius 2 is 1.93 bits per heavy atom. The smallest absolute Gasteiger partial charge is 0.00638 e. The minimum Gasteiger partial charge on any atom is -0.0877 e. The van der Waals surface area contributed by atoms with E-state index in [1.54, 1.807) is 5.57 Å². The van der Waals surface area contributed by atoms with Crippen molar-refractivity contribution in [2.45, 2.75) is 58.8 Å². The maximum Gasteiger partial charge on any atom is 0.00638 e. The molecule has 0 amide bonds. The molecule has 0 saturated heterocycles. The molecule has 0 saturated carbocycles. The average molecular weight is 204 g/mol. The molecule has 2 rings (SSSR count). The first-order chi connectivity index (χ1) is 7.22. The van der Waals surface area contributed by atoms with Crippen molar-refractivity contribution in [3.63, 3.8) is 0 Å². The van der Waals surface area contributed by atoms with E-state index in [0.717, 1.165) is 5.92 Å². The summed E-state index contributed by atoms with van der Waals surface area (Å²) in [7, 11) is 0. The van der Waals surface area contributed by atoms with E-state index in [4.69, 9.17) is 0 Å². The van der Waals surface area contributed by atoms with Crippen LogP contribution in [-0.4, -0.2) is 0 Å². The standard InChI is InChI=1S/C15H24/c1-13(2)14-8-4-7-11-15(12-14)9-5-3-6-10-15/h5,9,12-13H,3-4,6-8,10-11H2,1-2H3. The molecule has 1 atom stereocenters. The normalized spacial score (nSPS) is 31.8. The SMILES string of the molecule is CC(C)C1=CC2(C=CCCC2)CCCC1. The molecule has 0 fully saturated rings. The molecule has 84 valence electrons. The lowest BCUT2D eigenvalue weighted by Gasteiger charge is -2.30. The quantitative estimate of drug-likeness (QED) is 0.535. The maximum atomic E-state index is 2.63. The molecule has 0 N–H and O–H groups in total. The van der Waals surface area contributed by atoms with E-state index >= 15 is 0 Å². The van der Waals surface area contributed by atoms with Gasteiger partial charge in [0, 0.05) is 5.41 Å². The monoisotopic (exact) mass is 204 g/mol. The Balaban J connectivity index is 2.25. The predicted octanol–water partition coefficient (Wildman–Crippen LogP) is 4.87. The predicted molar refractivity (Wildman–Crippen MR) is 66.8 cm³/mol. The molecule has 1 unspecified atom stereocenters. The largest absolute Gasteiger partial charge is 0.0877 e. The number of hydrogen-bond donors (Lipinski definition) is 0. The van der Waals surface area contributed by atoms with Gasteiger partial charge in [0.1, 0.15) is 0 Å². The van der Waals surface area contributed by atoms with Crippen LogP contribution >= 0.6 is 0 Å². The number of rotatable bonds is 1. The van der Waals surface area contributed by atoms with Crippen molar-refractivity contribution in [1.82, 2.24) is 0 Å². The van der Waals surface area contributed by atoms with Gasteiger partial charge in [-0.3, -0.25) is 0 Å². The summed E-state index contributed by atoms with van der Waals surface area (Å²) < 4.78 is 0. The topological polar surface area (TPSA) is 0 Å². The van der Waals surface area contributed by atoms with Gasteiger partial charge in [0.2, 0.25) is 0 Å². The highest BCUT2D eigenvalue weighted by Gasteiger charge is 2.28. The zero-order valence-electron chi connectivity index (χ0n) is 10.3. The Kier molecular flexibility index (Phi) is 3.33. The van der Waals surface area contributed by atoms with E-state index in [1.165, 1.54) is 44.9 Å². The van der Waals surface area contributed by atoms with Crippen LogP contribution in [0.5, 0.6) is 0 Å². The molecule has 2 aliphatic rings. The van der Waals surface area contributed by atoms with Gasteiger partial charge in [-0.05, 0) is 44.4 Å². The van der Waals surface area contributed by atoms with Crippen molar-refractivity contribution in [2.24, 2.45) is 11.3 Å². The fourth-order valence-corrected chi connectivity index (χ4v) is 3.03. The lowest BCUT2D eigenvalue weighted by atomic mass is 9.74. The second-order valence-corrected chi connectivity index (χ2v) is 5.61. The lowest BCUT2D eigenvalue weighted by molar-refractivity contribution is 0.378. The van der Waals surface area contributed by atoms with Gasteiger partial charge >= 0.3 is 0 Å². The van der Waals surface area contributed by atoms with Gasteiger partial charge in [-0.2, -0.15) is 0 Å². The average Bonchev–Trinajstić information content (AvgIpc) is 2.43. The summed E-state index contributed by atoms with van der Waals surface area (Å²) in [5.41, 5.74) is 2.16. The van der Waals surface area contributed by atoms with Crippen LogP contribution < -0.4 is 0 Å². The summed E-state index contributed by atoms with van der Waals surface area (Å²) in [5, 5.41) is 0. The lowest BCUT2D eigenvalue weighted by Crippen LogP contribution is -2.17. The van der Waals surface area contributed by atoms with Crippen LogP contribution in [0.25, 0.3) is 0 Å². The molecule has 0 aromatic heterocycles. The molecular formula is C15H24. The molecule has 0 aromatic rings. The second-order valence-electron chi connectivity index (χ2n) is 5.61. The van der Waals surface area contributed by atoms with Crippen LogP contribution in [0.15, 0.2) is 23.8 Å². The van der Waals surface area contributed by atoms with Gasteiger partial charge < -0.3 is 0 Å². The van der Waals surface area contributed by atoms with Crippen LogP contribution in [0.2, 0.25) is 0 Å². The van der Waals surface area contributed by atoms with Gasteiger partial charge in [-0.1, -0.05) is 44.1 Å². The highest BCUT2D eigenvalue weighted by molar-refractivity contribution is 5.21. The number of hydrogen-bond acceptors (Lipinski definition) is 0. The van der Waals surface area contributed by atoms with Gasteiger partial charge in [-0.25, -0.2) is 0 Å². The molecule has 0 aromatic carbocycles. The van der Waals surface area contributed by atoms with Gasteiger partial charge in [0.05, 0.1) is 0 Å². The first-order valence-electron chi connectivity index (χ1n) is 6.61. The Morgan fingerprint density at radius 1 is 1.13 bits per heavy atom. The zero-order chi connectivity index (χ0) is 10.7. The van der Waals surface area contributed by atoms with Crippen LogP contribution in [0.1, 0.15) is 58.8 Å². The van der Waals surface area contributed by atoms with Crippen LogP contribution in [-0.2, 0) is 0 Å². The Labute approximate surface area is 94.5 Å². The first-order valence-corrected chi connectivity index (χ1v) is 6.61. The summed E-state index contributed by atoms with van der Waals surface area (Å²) in [6, 6.07) is 0. The Morgan fingerprint density at radius 3 is 2.60 bits per heavy atom. The van der Waals surface area contributed by atoms with Crippen molar-refractivity contribution < 1.29 is 0 Å². The van der Waals surface area contributed by atoms with E-state index in [-0.39, 0.29) is 0 Å². The van der Waals surface area contributed by atoms with Gasteiger partial charge in [0.25, 0.3) is 0 Å². The molecule has 15 heavy (non-hydrogen) atoms. The first kappa shape index (κ1) is 11.0. The van der Waals surface area contributed by atoms with Crippen molar-refractivity contribution in [3.05, 3.63) is 23.8 Å². The fourth-order valence-electron chi connectivity index (χ4n) is 3.03. The molecular weight excluding hydrogens is 180 g/mol. The summed E-state index contributed by atoms with van der Waals surface area (Å²) >= 11 is 0. The number of allylic oxidation sites excluding steroid dienone is 4. The Hall–Kier alpha value is -0.520. The fraction of sp³-hybridized carbons (Fsp3) is 0.733. The Bertz CT molecular complexity index is 270. The summed E-state index contributed by atoms with van der Waals surface area (Å²) in [5.74, 6) is 0.746. The van der Waals surface area contributed by atoms with Crippen molar-refractivity contribution in [2.75, 3.05) is 0 Å². The third-order valence-corrected chi connectivity index (χ3v) is 4.03.